The molecular formula is C14H11BrN2O2. The van der Waals surface area contributed by atoms with Crippen LogP contribution in [0.4, 0.5) is 5.69 Å². The van der Waals surface area contributed by atoms with Crippen LogP contribution in [0.3, 0.4) is 0 Å². The van der Waals surface area contributed by atoms with Gasteiger partial charge in [-0.25, -0.2) is 0 Å². The second-order valence-electron chi connectivity index (χ2n) is 4.56. The van der Waals surface area contributed by atoms with Crippen LogP contribution in [0.2, 0.25) is 0 Å². The van der Waals surface area contributed by atoms with Crippen molar-refractivity contribution in [2.24, 2.45) is 0 Å². The number of carbonyl (C=O) groups is 1. The van der Waals surface area contributed by atoms with Gasteiger partial charge in [0.05, 0.1) is 5.69 Å². The predicted octanol–water partition coefficient (Wildman–Crippen LogP) is 2.46. The van der Waals surface area contributed by atoms with E-state index < -0.39 is 0 Å². The van der Waals surface area contributed by atoms with Crippen LogP contribution in [0.1, 0.15) is 27.2 Å². The van der Waals surface area contributed by atoms with E-state index in [1.807, 2.05) is 6.07 Å². The number of anilines is 1. The van der Waals surface area contributed by atoms with E-state index in [0.717, 1.165) is 15.6 Å². The molecule has 96 valence electrons. The zero-order chi connectivity index (χ0) is 13.6. The molecule has 0 atom stereocenters. The van der Waals surface area contributed by atoms with Crippen molar-refractivity contribution in [2.75, 3.05) is 5.73 Å². The number of rotatable bonds is 0. The standard InChI is InChI=1S/C14H11BrN2O2/c15-9-3-8-2-1-7-4-12(18)11(16)5-10(7)14(19)13(8)17-6-9/h3-6,18H,1-2,16H2. The highest BCUT2D eigenvalue weighted by atomic mass is 79.9. The number of nitrogens with zero attached hydrogens (tertiary/aromatic N) is 1. The fraction of sp³-hybridized carbons (Fsp3) is 0.143. The molecule has 0 bridgehead atoms. The average molecular weight is 319 g/mol. The zero-order valence-corrected chi connectivity index (χ0v) is 11.6. The van der Waals surface area contributed by atoms with Crippen LogP contribution in [-0.4, -0.2) is 15.9 Å². The summed E-state index contributed by atoms with van der Waals surface area (Å²) in [6.45, 7) is 0. The zero-order valence-electron chi connectivity index (χ0n) is 9.98. The summed E-state index contributed by atoms with van der Waals surface area (Å²) in [7, 11) is 0. The number of hydrogen-bond acceptors (Lipinski definition) is 4. The van der Waals surface area contributed by atoms with E-state index in [1.54, 1.807) is 12.3 Å². The van der Waals surface area contributed by atoms with E-state index >= 15 is 0 Å². The molecule has 5 heteroatoms. The third kappa shape index (κ3) is 2.00. The quantitative estimate of drug-likeness (QED) is 0.578. The van der Waals surface area contributed by atoms with Crippen LogP contribution >= 0.6 is 15.9 Å². The molecule has 0 unspecified atom stereocenters. The monoisotopic (exact) mass is 318 g/mol. The van der Waals surface area contributed by atoms with Crippen molar-refractivity contribution in [2.45, 2.75) is 12.8 Å². The maximum atomic E-state index is 12.5. The lowest BCUT2D eigenvalue weighted by Crippen LogP contribution is -2.07. The summed E-state index contributed by atoms with van der Waals surface area (Å²) in [4.78, 5) is 16.7. The molecule has 2 aromatic rings. The maximum absolute atomic E-state index is 12.5. The molecule has 4 nitrogen and oxygen atoms in total. The van der Waals surface area contributed by atoms with E-state index in [0.29, 0.717) is 24.1 Å². The number of ketones is 1. The van der Waals surface area contributed by atoms with Crippen LogP contribution in [0.15, 0.2) is 28.9 Å². The largest absolute Gasteiger partial charge is 0.506 e. The molecule has 3 rings (SSSR count). The maximum Gasteiger partial charge on any atom is 0.211 e. The summed E-state index contributed by atoms with van der Waals surface area (Å²) >= 11 is 3.36. The van der Waals surface area contributed by atoms with Gasteiger partial charge in [-0.3, -0.25) is 9.78 Å². The average Bonchev–Trinajstić information content (AvgIpc) is 2.50. The van der Waals surface area contributed by atoms with Crippen molar-refractivity contribution in [1.82, 2.24) is 4.98 Å². The van der Waals surface area contributed by atoms with Crippen LogP contribution in [0.25, 0.3) is 0 Å². The van der Waals surface area contributed by atoms with Crippen molar-refractivity contribution in [3.05, 3.63) is 51.3 Å². The van der Waals surface area contributed by atoms with Crippen molar-refractivity contribution in [1.29, 1.82) is 0 Å². The molecule has 0 aliphatic heterocycles. The first-order valence-corrected chi connectivity index (χ1v) is 6.66. The van der Waals surface area contributed by atoms with E-state index in [4.69, 9.17) is 5.73 Å². The third-order valence-electron chi connectivity index (χ3n) is 3.31. The molecule has 0 radical (unpaired) electrons. The van der Waals surface area contributed by atoms with Gasteiger partial charge in [0.1, 0.15) is 11.4 Å². The Balaban J connectivity index is 2.20. The van der Waals surface area contributed by atoms with Gasteiger partial charge in [0.15, 0.2) is 0 Å². The molecule has 3 N–H and O–H groups in total. The first-order valence-electron chi connectivity index (χ1n) is 5.87. The first-order chi connectivity index (χ1) is 9.06. The van der Waals surface area contributed by atoms with E-state index in [2.05, 4.69) is 20.9 Å². The molecule has 1 aliphatic carbocycles. The Morgan fingerprint density at radius 1 is 1.21 bits per heavy atom. The number of aromatic nitrogens is 1. The molecule has 0 saturated carbocycles. The predicted molar refractivity (Wildman–Crippen MR) is 75.3 cm³/mol. The van der Waals surface area contributed by atoms with Gasteiger partial charge in [-0.2, -0.15) is 0 Å². The molecule has 0 saturated heterocycles. The minimum absolute atomic E-state index is 0.0200. The Bertz CT molecular complexity index is 698. The Kier molecular flexibility index (Phi) is 2.78. The second-order valence-corrected chi connectivity index (χ2v) is 5.47. The van der Waals surface area contributed by atoms with Gasteiger partial charge < -0.3 is 10.8 Å². The number of hydrogen-bond donors (Lipinski definition) is 2. The molecule has 0 spiro atoms. The summed E-state index contributed by atoms with van der Waals surface area (Å²) < 4.78 is 0.854. The number of fused-ring (bicyclic) bond motifs is 2. The first kappa shape index (κ1) is 12.2. The van der Waals surface area contributed by atoms with Crippen LogP contribution in [0.5, 0.6) is 5.75 Å². The molecule has 1 heterocycles. The molecule has 1 aromatic heterocycles. The number of aromatic hydroxyl groups is 1. The fourth-order valence-corrected chi connectivity index (χ4v) is 2.72. The summed E-state index contributed by atoms with van der Waals surface area (Å²) in [6.07, 6.45) is 3.01. The van der Waals surface area contributed by atoms with E-state index in [-0.39, 0.29) is 17.2 Å². The molecule has 0 fully saturated rings. The van der Waals surface area contributed by atoms with Crippen molar-refractivity contribution in [3.63, 3.8) is 0 Å². The molecule has 0 amide bonds. The van der Waals surface area contributed by atoms with Gasteiger partial charge in [0.25, 0.3) is 0 Å². The van der Waals surface area contributed by atoms with Crippen LogP contribution in [0, 0.1) is 0 Å². The highest BCUT2D eigenvalue weighted by Gasteiger charge is 2.23. The molecule has 19 heavy (non-hydrogen) atoms. The number of halogens is 1. The van der Waals surface area contributed by atoms with Crippen LogP contribution in [-0.2, 0) is 12.8 Å². The number of phenolic OH excluding ortho intramolecular Hbond substituents is 1. The normalized spacial score (nSPS) is 13.6. The Hall–Kier alpha value is -1.88. The smallest absolute Gasteiger partial charge is 0.211 e. The lowest BCUT2D eigenvalue weighted by molar-refractivity contribution is 0.103. The summed E-state index contributed by atoms with van der Waals surface area (Å²) in [5.41, 5.74) is 8.60. The van der Waals surface area contributed by atoms with Gasteiger partial charge in [-0.1, -0.05) is 0 Å². The Morgan fingerprint density at radius 3 is 2.74 bits per heavy atom. The number of benzene rings is 1. The minimum atomic E-state index is -0.137. The highest BCUT2D eigenvalue weighted by molar-refractivity contribution is 9.10. The Morgan fingerprint density at radius 2 is 1.95 bits per heavy atom. The Labute approximate surface area is 118 Å². The number of pyridine rings is 1. The van der Waals surface area contributed by atoms with E-state index in [1.165, 1.54) is 6.07 Å². The van der Waals surface area contributed by atoms with Crippen molar-refractivity contribution >= 4 is 27.4 Å². The minimum Gasteiger partial charge on any atom is -0.506 e. The van der Waals surface area contributed by atoms with Gasteiger partial charge in [0.2, 0.25) is 5.78 Å². The summed E-state index contributed by atoms with van der Waals surface area (Å²) in [5.74, 6) is -0.117. The topological polar surface area (TPSA) is 76.2 Å². The number of phenols is 1. The van der Waals surface area contributed by atoms with Gasteiger partial charge in [-0.15, -0.1) is 0 Å². The van der Waals surface area contributed by atoms with Gasteiger partial charge >= 0.3 is 0 Å². The van der Waals surface area contributed by atoms with Gasteiger partial charge in [0, 0.05) is 16.2 Å². The number of aryl methyl sites for hydroxylation is 2. The van der Waals surface area contributed by atoms with E-state index in [9.17, 15) is 9.90 Å². The number of nitrogen functional groups attached to an aromatic ring is 1. The number of nitrogens with two attached hydrogens (primary N) is 1. The third-order valence-corrected chi connectivity index (χ3v) is 3.74. The van der Waals surface area contributed by atoms with Crippen molar-refractivity contribution < 1.29 is 9.90 Å². The summed E-state index contributed by atoms with van der Waals surface area (Å²) in [5, 5.41) is 9.66. The lowest BCUT2D eigenvalue weighted by Gasteiger charge is -2.07. The van der Waals surface area contributed by atoms with Crippen LogP contribution < -0.4 is 5.73 Å². The molecular weight excluding hydrogens is 308 g/mol. The molecule has 1 aromatic carbocycles. The number of carbonyl (C=O) groups excluding carboxylic acids is 1. The SMILES string of the molecule is Nc1cc2c(cc1O)CCc1cc(Br)cnc1C2=O. The highest BCUT2D eigenvalue weighted by Crippen LogP contribution is 2.30. The van der Waals surface area contributed by atoms with Crippen molar-refractivity contribution in [3.8, 4) is 5.75 Å². The van der Waals surface area contributed by atoms with Gasteiger partial charge in [-0.05, 0) is 58.1 Å². The molecule has 1 aliphatic rings. The fourth-order valence-electron chi connectivity index (χ4n) is 2.34. The summed E-state index contributed by atoms with van der Waals surface area (Å²) in [6, 6.07) is 5.02. The second kappa shape index (κ2) is 4.35. The lowest BCUT2D eigenvalue weighted by atomic mass is 10.0.